The summed E-state index contributed by atoms with van der Waals surface area (Å²) in [6, 6.07) is 0. The van der Waals surface area contributed by atoms with Crippen molar-refractivity contribution in [2.45, 2.75) is 32.6 Å². The van der Waals surface area contributed by atoms with Crippen LogP contribution in [0.1, 0.15) is 32.6 Å². The molecule has 0 spiro atoms. The standard InChI is InChI=1S/C15H20O6/c1-10(2)13(18)21-9-5-8-15(14(19)20)7-4-3-6-11(15)12(16)17/h4,7,11H,1,3,5-6,8-9H2,2H3,(H,16,17)(H,19,20). The first-order valence-electron chi connectivity index (χ1n) is 6.78. The lowest BCUT2D eigenvalue weighted by Crippen LogP contribution is -2.43. The lowest BCUT2D eigenvalue weighted by Gasteiger charge is -2.34. The molecular formula is C15H20O6. The van der Waals surface area contributed by atoms with Crippen LogP contribution in [0, 0.1) is 11.3 Å². The molecule has 1 aliphatic rings. The van der Waals surface area contributed by atoms with Crippen molar-refractivity contribution < 1.29 is 29.3 Å². The third-order valence-corrected chi connectivity index (χ3v) is 3.67. The van der Waals surface area contributed by atoms with Gasteiger partial charge in [0.2, 0.25) is 0 Å². The number of ether oxygens (including phenoxy) is 1. The zero-order valence-electron chi connectivity index (χ0n) is 12.0. The molecule has 0 aromatic heterocycles. The van der Waals surface area contributed by atoms with Gasteiger partial charge in [0.15, 0.2) is 0 Å². The van der Waals surface area contributed by atoms with E-state index in [0.717, 1.165) is 0 Å². The lowest BCUT2D eigenvalue weighted by molar-refractivity contribution is -0.160. The lowest BCUT2D eigenvalue weighted by atomic mass is 9.67. The average Bonchev–Trinajstić information content (AvgIpc) is 2.43. The van der Waals surface area contributed by atoms with E-state index < -0.39 is 29.2 Å². The number of allylic oxidation sites excluding steroid dienone is 1. The van der Waals surface area contributed by atoms with E-state index >= 15 is 0 Å². The van der Waals surface area contributed by atoms with Crippen molar-refractivity contribution in [3.63, 3.8) is 0 Å². The van der Waals surface area contributed by atoms with E-state index in [-0.39, 0.29) is 25.0 Å². The smallest absolute Gasteiger partial charge is 0.333 e. The molecule has 1 rings (SSSR count). The first kappa shape index (κ1) is 16.9. The minimum absolute atomic E-state index is 0.0426. The van der Waals surface area contributed by atoms with Gasteiger partial charge in [-0.2, -0.15) is 0 Å². The van der Waals surface area contributed by atoms with Gasteiger partial charge in [0.05, 0.1) is 17.9 Å². The highest BCUT2D eigenvalue weighted by Gasteiger charge is 2.48. The second kappa shape index (κ2) is 7.06. The highest BCUT2D eigenvalue weighted by atomic mass is 16.5. The monoisotopic (exact) mass is 296 g/mol. The van der Waals surface area contributed by atoms with Crippen LogP contribution in [0.15, 0.2) is 24.3 Å². The number of carboxylic acids is 2. The molecule has 0 radical (unpaired) electrons. The second-order valence-corrected chi connectivity index (χ2v) is 5.24. The normalized spacial score (nSPS) is 24.3. The molecule has 6 nitrogen and oxygen atoms in total. The van der Waals surface area contributed by atoms with E-state index in [1.165, 1.54) is 13.0 Å². The van der Waals surface area contributed by atoms with Gasteiger partial charge in [-0.3, -0.25) is 9.59 Å². The Morgan fingerprint density at radius 3 is 2.57 bits per heavy atom. The number of carboxylic acid groups (broad SMARTS) is 2. The van der Waals surface area contributed by atoms with Crippen molar-refractivity contribution in [3.05, 3.63) is 24.3 Å². The van der Waals surface area contributed by atoms with Gasteiger partial charge >= 0.3 is 17.9 Å². The van der Waals surface area contributed by atoms with Gasteiger partial charge in [-0.05, 0) is 32.6 Å². The molecule has 0 aromatic rings. The van der Waals surface area contributed by atoms with E-state index in [1.54, 1.807) is 6.08 Å². The summed E-state index contributed by atoms with van der Waals surface area (Å²) in [7, 11) is 0. The Hall–Kier alpha value is -2.11. The highest BCUT2D eigenvalue weighted by Crippen LogP contribution is 2.41. The third kappa shape index (κ3) is 3.93. The predicted octanol–water partition coefficient (Wildman–Crippen LogP) is 2.01. The first-order valence-corrected chi connectivity index (χ1v) is 6.78. The maximum absolute atomic E-state index is 11.6. The Bertz CT molecular complexity index is 479. The molecule has 0 aliphatic heterocycles. The molecule has 0 aromatic carbocycles. The zero-order valence-corrected chi connectivity index (χ0v) is 12.0. The summed E-state index contributed by atoms with van der Waals surface area (Å²) in [4.78, 5) is 34.1. The molecule has 0 saturated carbocycles. The molecule has 2 N–H and O–H groups in total. The SMILES string of the molecule is C=C(C)C(=O)OCCCC1(C(=O)O)C=CCCC1C(=O)O. The molecule has 6 heteroatoms. The molecule has 2 unspecified atom stereocenters. The van der Waals surface area contributed by atoms with Crippen molar-refractivity contribution >= 4 is 17.9 Å². The Labute approximate surface area is 123 Å². The van der Waals surface area contributed by atoms with E-state index in [1.807, 2.05) is 0 Å². The van der Waals surface area contributed by atoms with Crippen LogP contribution in [0.2, 0.25) is 0 Å². The van der Waals surface area contributed by atoms with Gasteiger partial charge in [-0.25, -0.2) is 4.79 Å². The largest absolute Gasteiger partial charge is 0.481 e. The third-order valence-electron chi connectivity index (χ3n) is 3.67. The fourth-order valence-corrected chi connectivity index (χ4v) is 2.51. The van der Waals surface area contributed by atoms with Crippen molar-refractivity contribution in [2.24, 2.45) is 11.3 Å². The molecule has 116 valence electrons. The molecule has 0 heterocycles. The van der Waals surface area contributed by atoms with Crippen LogP contribution < -0.4 is 0 Å². The van der Waals surface area contributed by atoms with Crippen LogP contribution >= 0.6 is 0 Å². The van der Waals surface area contributed by atoms with E-state index in [4.69, 9.17) is 4.74 Å². The fourth-order valence-electron chi connectivity index (χ4n) is 2.51. The van der Waals surface area contributed by atoms with Crippen LogP contribution in [-0.2, 0) is 19.1 Å². The number of carbonyl (C=O) groups is 3. The number of hydrogen-bond donors (Lipinski definition) is 2. The van der Waals surface area contributed by atoms with Gasteiger partial charge in [0, 0.05) is 5.57 Å². The van der Waals surface area contributed by atoms with E-state index in [0.29, 0.717) is 12.8 Å². The minimum Gasteiger partial charge on any atom is -0.481 e. The van der Waals surface area contributed by atoms with E-state index in [2.05, 4.69) is 6.58 Å². The molecule has 0 saturated heterocycles. The predicted molar refractivity (Wildman–Crippen MR) is 74.6 cm³/mol. The molecule has 21 heavy (non-hydrogen) atoms. The Balaban J connectivity index is 2.73. The average molecular weight is 296 g/mol. The Morgan fingerprint density at radius 1 is 1.38 bits per heavy atom. The molecule has 0 fully saturated rings. The van der Waals surface area contributed by atoms with Gasteiger partial charge in [0.25, 0.3) is 0 Å². The van der Waals surface area contributed by atoms with Crippen molar-refractivity contribution in [1.82, 2.24) is 0 Å². The number of hydrogen-bond acceptors (Lipinski definition) is 4. The van der Waals surface area contributed by atoms with Crippen molar-refractivity contribution in [1.29, 1.82) is 0 Å². The maximum atomic E-state index is 11.6. The number of aliphatic carboxylic acids is 2. The van der Waals surface area contributed by atoms with Gasteiger partial charge in [0.1, 0.15) is 0 Å². The topological polar surface area (TPSA) is 101 Å². The molecular weight excluding hydrogens is 276 g/mol. The van der Waals surface area contributed by atoms with Crippen LogP contribution in [-0.4, -0.2) is 34.7 Å². The van der Waals surface area contributed by atoms with Gasteiger partial charge in [-0.1, -0.05) is 18.7 Å². The number of esters is 1. The number of rotatable bonds is 7. The summed E-state index contributed by atoms with van der Waals surface area (Å²) in [5, 5.41) is 18.7. The zero-order chi connectivity index (χ0) is 16.0. The molecule has 1 aliphatic carbocycles. The fraction of sp³-hybridized carbons (Fsp3) is 0.533. The van der Waals surface area contributed by atoms with Crippen LogP contribution in [0.25, 0.3) is 0 Å². The highest BCUT2D eigenvalue weighted by molar-refractivity contribution is 5.87. The summed E-state index contributed by atoms with van der Waals surface area (Å²) >= 11 is 0. The summed E-state index contributed by atoms with van der Waals surface area (Å²) in [5.74, 6) is -3.76. The second-order valence-electron chi connectivity index (χ2n) is 5.24. The van der Waals surface area contributed by atoms with E-state index in [9.17, 15) is 24.6 Å². The summed E-state index contributed by atoms with van der Waals surface area (Å²) in [5.41, 5.74) is -1.16. The Morgan fingerprint density at radius 2 is 2.05 bits per heavy atom. The quantitative estimate of drug-likeness (QED) is 0.322. The van der Waals surface area contributed by atoms with Crippen molar-refractivity contribution in [2.75, 3.05) is 6.61 Å². The Kier molecular flexibility index (Phi) is 5.69. The summed E-state index contributed by atoms with van der Waals surface area (Å²) in [6.45, 7) is 5.01. The van der Waals surface area contributed by atoms with Crippen molar-refractivity contribution in [3.8, 4) is 0 Å². The summed E-state index contributed by atoms with van der Waals surface area (Å²) in [6.07, 6.45) is 4.41. The summed E-state index contributed by atoms with van der Waals surface area (Å²) < 4.78 is 4.91. The van der Waals surface area contributed by atoms with Crippen LogP contribution in [0.3, 0.4) is 0 Å². The maximum Gasteiger partial charge on any atom is 0.333 e. The molecule has 0 bridgehead atoms. The van der Waals surface area contributed by atoms with Crippen LogP contribution in [0.4, 0.5) is 0 Å². The molecule has 0 amide bonds. The van der Waals surface area contributed by atoms with Crippen LogP contribution in [0.5, 0.6) is 0 Å². The number of carbonyl (C=O) groups excluding carboxylic acids is 1. The van der Waals surface area contributed by atoms with Gasteiger partial charge in [-0.15, -0.1) is 0 Å². The minimum atomic E-state index is -1.43. The van der Waals surface area contributed by atoms with Gasteiger partial charge < -0.3 is 14.9 Å². The first-order chi connectivity index (χ1) is 9.81. The molecule has 2 atom stereocenters.